The number of hydrogen-bond donors (Lipinski definition) is 0. The largest absolute Gasteiger partial charge is 0.417 e. The van der Waals surface area contributed by atoms with Crippen molar-refractivity contribution in [3.63, 3.8) is 0 Å². The average molecular weight is 475 g/mol. The van der Waals surface area contributed by atoms with E-state index in [1.807, 2.05) is 17.0 Å². The van der Waals surface area contributed by atoms with Crippen molar-refractivity contribution in [2.75, 3.05) is 58.0 Å². The van der Waals surface area contributed by atoms with Gasteiger partial charge in [0, 0.05) is 56.8 Å². The molecule has 4 rings (SSSR count). The van der Waals surface area contributed by atoms with Gasteiger partial charge in [-0.05, 0) is 54.8 Å². The fourth-order valence-electron chi connectivity index (χ4n) is 5.24. The quantitative estimate of drug-likeness (QED) is 0.540. The number of halogens is 3. The number of pyridine rings is 1. The highest BCUT2D eigenvalue weighted by Gasteiger charge is 2.50. The summed E-state index contributed by atoms with van der Waals surface area (Å²) >= 11 is 0. The van der Waals surface area contributed by atoms with Crippen LogP contribution >= 0.6 is 0 Å². The minimum Gasteiger partial charge on any atom is -0.382 e. The molecule has 2 aromatic rings. The normalized spacial score (nSPS) is 23.0. The van der Waals surface area contributed by atoms with E-state index < -0.39 is 11.7 Å². The Labute approximate surface area is 197 Å². The van der Waals surface area contributed by atoms with Crippen LogP contribution in [-0.4, -0.2) is 63.0 Å². The van der Waals surface area contributed by atoms with Crippen LogP contribution in [0.2, 0.25) is 0 Å². The van der Waals surface area contributed by atoms with Gasteiger partial charge in [-0.15, -0.1) is 0 Å². The third-order valence-corrected chi connectivity index (χ3v) is 6.92. The number of benzene rings is 1. The van der Waals surface area contributed by atoms with Gasteiger partial charge in [0.05, 0.1) is 37.0 Å². The van der Waals surface area contributed by atoms with Crippen LogP contribution in [0.3, 0.4) is 0 Å². The van der Waals surface area contributed by atoms with Gasteiger partial charge in [-0.3, -0.25) is 9.88 Å². The fourth-order valence-corrected chi connectivity index (χ4v) is 5.24. The topological polar surface area (TPSA) is 61.6 Å². The van der Waals surface area contributed by atoms with E-state index in [1.54, 1.807) is 31.6 Å². The van der Waals surface area contributed by atoms with Crippen LogP contribution in [0.5, 0.6) is 0 Å². The maximum Gasteiger partial charge on any atom is 0.417 e. The molecule has 2 atom stereocenters. The number of fused-ring (bicyclic) bond motifs is 1. The van der Waals surface area contributed by atoms with Crippen LogP contribution in [0.1, 0.15) is 23.1 Å². The summed E-state index contributed by atoms with van der Waals surface area (Å²) in [6, 6.07) is 9.69. The van der Waals surface area contributed by atoms with Gasteiger partial charge in [-0.1, -0.05) is 0 Å². The molecule has 1 aromatic heterocycles. The van der Waals surface area contributed by atoms with E-state index in [4.69, 9.17) is 14.7 Å². The van der Waals surface area contributed by atoms with Gasteiger partial charge in [-0.2, -0.15) is 18.4 Å². The second-order valence-electron chi connectivity index (χ2n) is 9.18. The van der Waals surface area contributed by atoms with Crippen LogP contribution in [0.15, 0.2) is 42.7 Å². The molecule has 0 radical (unpaired) electrons. The second-order valence-corrected chi connectivity index (χ2v) is 9.18. The van der Waals surface area contributed by atoms with Crippen molar-refractivity contribution >= 4 is 5.69 Å². The Morgan fingerprint density at radius 3 is 2.68 bits per heavy atom. The molecule has 9 heteroatoms. The summed E-state index contributed by atoms with van der Waals surface area (Å²) in [5.74, 6) is 0.300. The molecule has 3 heterocycles. The zero-order chi connectivity index (χ0) is 24.2. The molecular formula is C25H29F3N4O2. The Balaban J connectivity index is 1.57. The SMILES string of the molecule is COCCOC[C@@]12CN(Cc3ccncc3)CC[C@@H]1CN(c1ccc(C#N)c(C(F)(F)F)c1)C2. The van der Waals surface area contributed by atoms with Crippen LogP contribution < -0.4 is 4.90 Å². The predicted molar refractivity (Wildman–Crippen MR) is 121 cm³/mol. The molecule has 2 aliphatic rings. The highest BCUT2D eigenvalue weighted by atomic mass is 19.4. The molecule has 182 valence electrons. The lowest BCUT2D eigenvalue weighted by molar-refractivity contribution is -0.137. The molecule has 0 N–H and O–H groups in total. The summed E-state index contributed by atoms with van der Waals surface area (Å²) in [6.45, 7) is 5.27. The van der Waals surface area contributed by atoms with Crippen molar-refractivity contribution in [2.45, 2.75) is 19.1 Å². The number of anilines is 1. The molecule has 6 nitrogen and oxygen atoms in total. The lowest BCUT2D eigenvalue weighted by Gasteiger charge is -2.44. The van der Waals surface area contributed by atoms with Gasteiger partial charge in [0.25, 0.3) is 0 Å². The number of aromatic nitrogens is 1. The Kier molecular flexibility index (Phi) is 7.41. The van der Waals surface area contributed by atoms with Gasteiger partial charge in [-0.25, -0.2) is 0 Å². The first-order valence-corrected chi connectivity index (χ1v) is 11.4. The predicted octanol–water partition coefficient (Wildman–Crippen LogP) is 3.96. The lowest BCUT2D eigenvalue weighted by Crippen LogP contribution is -2.51. The molecule has 0 unspecified atom stereocenters. The van der Waals surface area contributed by atoms with Crippen molar-refractivity contribution in [2.24, 2.45) is 11.3 Å². The first-order valence-electron chi connectivity index (χ1n) is 11.4. The molecular weight excluding hydrogens is 445 g/mol. The summed E-state index contributed by atoms with van der Waals surface area (Å²) < 4.78 is 51.8. The number of nitriles is 1. The van der Waals surface area contributed by atoms with Crippen LogP contribution in [0.25, 0.3) is 0 Å². The third-order valence-electron chi connectivity index (χ3n) is 6.92. The van der Waals surface area contributed by atoms with Crippen molar-refractivity contribution < 1.29 is 22.6 Å². The Morgan fingerprint density at radius 2 is 1.97 bits per heavy atom. The van der Waals surface area contributed by atoms with Crippen molar-refractivity contribution in [1.82, 2.24) is 9.88 Å². The standard InChI is InChI=1S/C25H29F3N4O2/c1-33-10-11-34-18-24-16-31(14-19-4-7-30-8-5-19)9-6-21(24)15-32(17-24)22-3-2-20(13-29)23(12-22)25(26,27)28/h2-5,7-8,12,21H,6,9-11,14-18H2,1H3/t21-,24+/m1/s1. The summed E-state index contributed by atoms with van der Waals surface area (Å²) in [7, 11) is 1.63. The molecule has 2 saturated heterocycles. The van der Waals surface area contributed by atoms with Crippen molar-refractivity contribution in [3.05, 3.63) is 59.4 Å². The molecule has 0 amide bonds. The summed E-state index contributed by atoms with van der Waals surface area (Å²) in [5.41, 5.74) is 0.241. The molecule has 2 aliphatic heterocycles. The molecule has 0 aliphatic carbocycles. The zero-order valence-electron chi connectivity index (χ0n) is 19.2. The van der Waals surface area contributed by atoms with E-state index in [1.165, 1.54) is 11.6 Å². The first-order chi connectivity index (χ1) is 16.3. The Hall–Kier alpha value is -2.67. The third kappa shape index (κ3) is 5.35. The first kappa shape index (κ1) is 24.5. The highest BCUT2D eigenvalue weighted by Crippen LogP contribution is 2.45. The van der Waals surface area contributed by atoms with E-state index >= 15 is 0 Å². The Morgan fingerprint density at radius 1 is 1.18 bits per heavy atom. The summed E-state index contributed by atoms with van der Waals surface area (Å²) in [4.78, 5) is 8.51. The number of rotatable bonds is 8. The second kappa shape index (κ2) is 10.3. The lowest BCUT2D eigenvalue weighted by atomic mass is 9.74. The Bertz CT molecular complexity index is 1010. The van der Waals surface area contributed by atoms with E-state index in [-0.39, 0.29) is 11.0 Å². The molecule has 34 heavy (non-hydrogen) atoms. The maximum atomic E-state index is 13.6. The number of methoxy groups -OCH3 is 1. The van der Waals surface area contributed by atoms with Gasteiger partial charge in [0.15, 0.2) is 0 Å². The van der Waals surface area contributed by atoms with E-state index in [0.717, 1.165) is 32.1 Å². The number of likely N-dealkylation sites (tertiary alicyclic amines) is 1. The highest BCUT2D eigenvalue weighted by molar-refractivity contribution is 5.56. The minimum atomic E-state index is -4.57. The molecule has 0 saturated carbocycles. The number of nitrogens with zero attached hydrogens (tertiary/aromatic N) is 4. The summed E-state index contributed by atoms with van der Waals surface area (Å²) in [6.07, 6.45) is -0.0637. The summed E-state index contributed by atoms with van der Waals surface area (Å²) in [5, 5.41) is 9.14. The van der Waals surface area contributed by atoms with E-state index in [0.29, 0.717) is 44.5 Å². The van der Waals surface area contributed by atoms with Crippen LogP contribution in [0, 0.1) is 22.7 Å². The monoisotopic (exact) mass is 474 g/mol. The van der Waals surface area contributed by atoms with Gasteiger partial charge in [0.1, 0.15) is 0 Å². The van der Waals surface area contributed by atoms with Gasteiger partial charge < -0.3 is 14.4 Å². The van der Waals surface area contributed by atoms with E-state index in [2.05, 4.69) is 9.88 Å². The smallest absolute Gasteiger partial charge is 0.382 e. The van der Waals surface area contributed by atoms with Crippen LogP contribution in [-0.2, 0) is 22.2 Å². The van der Waals surface area contributed by atoms with Crippen LogP contribution in [0.4, 0.5) is 18.9 Å². The molecule has 2 fully saturated rings. The number of ether oxygens (including phenoxy) is 2. The van der Waals surface area contributed by atoms with Gasteiger partial charge >= 0.3 is 6.18 Å². The molecule has 0 bridgehead atoms. The average Bonchev–Trinajstić information content (AvgIpc) is 3.20. The maximum absolute atomic E-state index is 13.6. The number of piperidine rings is 1. The van der Waals surface area contributed by atoms with Crippen molar-refractivity contribution in [1.29, 1.82) is 5.26 Å². The fraction of sp³-hybridized carbons (Fsp3) is 0.520. The molecule has 1 aromatic carbocycles. The van der Waals surface area contributed by atoms with E-state index in [9.17, 15) is 13.2 Å². The zero-order valence-corrected chi connectivity index (χ0v) is 19.2. The number of hydrogen-bond acceptors (Lipinski definition) is 6. The van der Waals surface area contributed by atoms with Gasteiger partial charge in [0.2, 0.25) is 0 Å². The van der Waals surface area contributed by atoms with Crippen molar-refractivity contribution in [3.8, 4) is 6.07 Å². The molecule has 0 spiro atoms. The minimum absolute atomic E-state index is 0.203. The number of alkyl halides is 3.